The van der Waals surface area contributed by atoms with Gasteiger partial charge in [-0.2, -0.15) is 0 Å². The summed E-state index contributed by atoms with van der Waals surface area (Å²) >= 11 is 0. The maximum atomic E-state index is 14.1. The lowest BCUT2D eigenvalue weighted by atomic mass is 9.74. The third-order valence-electron chi connectivity index (χ3n) is 9.94. The van der Waals surface area contributed by atoms with Crippen LogP contribution in [0.4, 0.5) is 0 Å². The molecular weight excluding hydrogens is 526 g/mol. The quantitative estimate of drug-likeness (QED) is 0.384. The zero-order chi connectivity index (χ0) is 30.9. The number of likely N-dealkylation sites (tertiary alicyclic amines) is 1. The van der Waals surface area contributed by atoms with Crippen LogP contribution in [0.15, 0.2) is 0 Å². The summed E-state index contributed by atoms with van der Waals surface area (Å²) in [5.74, 6) is -1.39. The molecule has 0 amide bonds. The van der Waals surface area contributed by atoms with Crippen molar-refractivity contribution in [3.05, 3.63) is 0 Å². The third kappa shape index (κ3) is 7.51. The monoisotopic (exact) mass is 583 g/mol. The van der Waals surface area contributed by atoms with Gasteiger partial charge in [-0.1, -0.05) is 13.8 Å². The number of aliphatic hydroxyl groups is 1. The Morgan fingerprint density at radius 1 is 1.05 bits per heavy atom. The van der Waals surface area contributed by atoms with Crippen molar-refractivity contribution >= 4 is 11.8 Å². The van der Waals surface area contributed by atoms with Crippen molar-refractivity contribution in [3.8, 4) is 0 Å². The Bertz CT molecular complexity index is 901. The number of nitrogens with zero attached hydrogens (tertiary/aromatic N) is 3. The number of carbonyl (C=O) groups is 2. The molecule has 0 aromatic carbocycles. The zero-order valence-electron chi connectivity index (χ0n) is 27.4. The maximum absolute atomic E-state index is 14.1. The Balaban J connectivity index is 2.00. The molecule has 0 aliphatic carbocycles. The molecule has 0 unspecified atom stereocenters. The third-order valence-corrected chi connectivity index (χ3v) is 9.94. The summed E-state index contributed by atoms with van der Waals surface area (Å²) in [6, 6.07) is 0.112. The molecule has 3 aliphatic heterocycles. The molecule has 0 aromatic rings. The molecule has 10 heteroatoms. The Hall–Kier alpha value is -1.14. The van der Waals surface area contributed by atoms with Gasteiger partial charge in [0.05, 0.1) is 23.9 Å². The van der Waals surface area contributed by atoms with Crippen LogP contribution in [0.3, 0.4) is 0 Å². The van der Waals surface area contributed by atoms with E-state index < -0.39 is 41.4 Å². The molecular formula is C31H57N3O7. The minimum atomic E-state index is -1.40. The van der Waals surface area contributed by atoms with Crippen LogP contribution in [0.1, 0.15) is 67.2 Å². The number of ketones is 1. The van der Waals surface area contributed by atoms with Gasteiger partial charge < -0.3 is 33.9 Å². The minimum absolute atomic E-state index is 0.00840. The van der Waals surface area contributed by atoms with Gasteiger partial charge in [0, 0.05) is 31.7 Å². The summed E-state index contributed by atoms with van der Waals surface area (Å²) < 4.78 is 24.9. The van der Waals surface area contributed by atoms with E-state index in [1.165, 1.54) is 0 Å². The topological polar surface area (TPSA) is 101 Å². The first-order valence-corrected chi connectivity index (χ1v) is 15.4. The van der Waals surface area contributed by atoms with E-state index in [9.17, 15) is 14.7 Å². The lowest BCUT2D eigenvalue weighted by Gasteiger charge is -2.47. The molecule has 41 heavy (non-hydrogen) atoms. The molecule has 0 radical (unpaired) electrons. The van der Waals surface area contributed by atoms with E-state index in [2.05, 4.69) is 30.8 Å². The molecule has 10 nitrogen and oxygen atoms in total. The number of likely N-dealkylation sites (N-methyl/N-ethyl adjacent to an activating group) is 3. The van der Waals surface area contributed by atoms with Gasteiger partial charge in [-0.3, -0.25) is 14.5 Å². The van der Waals surface area contributed by atoms with Crippen LogP contribution < -0.4 is 0 Å². The molecule has 3 heterocycles. The Morgan fingerprint density at radius 2 is 1.71 bits per heavy atom. The van der Waals surface area contributed by atoms with Crippen molar-refractivity contribution in [1.82, 2.24) is 14.7 Å². The largest absolute Gasteiger partial charge is 0.463 e. The minimum Gasteiger partial charge on any atom is -0.463 e. The summed E-state index contributed by atoms with van der Waals surface area (Å²) in [7, 11) is 9.71. The van der Waals surface area contributed by atoms with Gasteiger partial charge in [-0.25, -0.2) is 0 Å². The number of esters is 1. The van der Waals surface area contributed by atoms with Crippen LogP contribution >= 0.6 is 0 Å². The van der Waals surface area contributed by atoms with Gasteiger partial charge in [-0.05, 0) is 94.0 Å². The van der Waals surface area contributed by atoms with E-state index in [0.717, 1.165) is 25.9 Å². The average Bonchev–Trinajstić information content (AvgIpc) is 3.32. The van der Waals surface area contributed by atoms with Crippen molar-refractivity contribution < 1.29 is 33.6 Å². The summed E-state index contributed by atoms with van der Waals surface area (Å²) in [6.45, 7) is 13.2. The number of aliphatic hydroxyl groups excluding tert-OH is 1. The smallest absolute Gasteiger partial charge is 0.319 e. The number of carbonyl (C=O) groups excluding carboxylic acids is 2. The highest BCUT2D eigenvalue weighted by atomic mass is 16.7. The van der Waals surface area contributed by atoms with Gasteiger partial charge in [-0.15, -0.1) is 0 Å². The second-order valence-electron chi connectivity index (χ2n) is 14.0. The molecule has 0 bridgehead atoms. The van der Waals surface area contributed by atoms with Crippen LogP contribution in [0.5, 0.6) is 0 Å². The fourth-order valence-electron chi connectivity index (χ4n) is 7.39. The fraction of sp³-hybridized carbons (Fsp3) is 0.935. The average molecular weight is 584 g/mol. The normalized spacial score (nSPS) is 42.4. The molecule has 238 valence electrons. The highest BCUT2D eigenvalue weighted by Crippen LogP contribution is 2.38. The molecule has 3 fully saturated rings. The first kappa shape index (κ1) is 34.4. The summed E-state index contributed by atoms with van der Waals surface area (Å²) in [4.78, 5) is 34.3. The highest BCUT2D eigenvalue weighted by Gasteiger charge is 2.51. The predicted molar refractivity (Wildman–Crippen MR) is 157 cm³/mol. The van der Waals surface area contributed by atoms with E-state index in [0.29, 0.717) is 12.8 Å². The zero-order valence-corrected chi connectivity index (χ0v) is 27.4. The van der Waals surface area contributed by atoms with Gasteiger partial charge in [0.1, 0.15) is 18.1 Å². The number of Topliss-reactive ketones (excluding diaryl/α,β-unsaturated/α-hetero) is 1. The number of ether oxygens (including phenoxy) is 4. The van der Waals surface area contributed by atoms with E-state index in [4.69, 9.17) is 18.9 Å². The van der Waals surface area contributed by atoms with Gasteiger partial charge >= 0.3 is 5.97 Å². The second-order valence-corrected chi connectivity index (χ2v) is 14.0. The molecule has 0 saturated carbocycles. The van der Waals surface area contributed by atoms with Crippen LogP contribution in [0.2, 0.25) is 0 Å². The van der Waals surface area contributed by atoms with Crippen molar-refractivity contribution in [3.63, 3.8) is 0 Å². The molecule has 0 spiro atoms. The standard InChI is InChI=1S/C31H57N3O7/c1-19-16-31(6,38-11)27(41-28-25(35)23(32(7)8)15-20(2)40-28)21(3)26(36)30(4,5)29(37)39-18-24(34(10)17-19)22-13-12-14-33(22)9/h19-25,27-28,35H,12-18H2,1-11H3/t19-,20-,21+,22+,23+,24+,25-,27-,28+,31-/m1/s1. The van der Waals surface area contributed by atoms with Crippen molar-refractivity contribution in [2.45, 2.75) is 116 Å². The number of hydrogen-bond donors (Lipinski definition) is 1. The molecule has 10 atom stereocenters. The fourth-order valence-corrected chi connectivity index (χ4v) is 7.39. The number of rotatable bonds is 5. The van der Waals surface area contributed by atoms with Crippen LogP contribution in [-0.2, 0) is 28.5 Å². The molecule has 1 N–H and O–H groups in total. The Labute approximate surface area is 248 Å². The van der Waals surface area contributed by atoms with E-state index in [1.807, 2.05) is 32.8 Å². The Kier molecular flexibility index (Phi) is 11.4. The van der Waals surface area contributed by atoms with Gasteiger partial charge in [0.15, 0.2) is 12.1 Å². The lowest BCUT2D eigenvalue weighted by molar-refractivity contribution is -0.295. The van der Waals surface area contributed by atoms with E-state index in [-0.39, 0.29) is 42.5 Å². The molecule has 0 aromatic heterocycles. The summed E-state index contributed by atoms with van der Waals surface area (Å²) in [5, 5.41) is 11.3. The molecule has 3 rings (SSSR count). The van der Waals surface area contributed by atoms with E-state index >= 15 is 0 Å². The molecule has 3 saturated heterocycles. The first-order chi connectivity index (χ1) is 19.0. The highest BCUT2D eigenvalue weighted by molar-refractivity contribution is 6.04. The van der Waals surface area contributed by atoms with Crippen molar-refractivity contribution in [2.24, 2.45) is 17.3 Å². The summed E-state index contributed by atoms with van der Waals surface area (Å²) in [6.07, 6.45) is 0.618. The number of methoxy groups -OCH3 is 1. The second kappa shape index (κ2) is 13.7. The first-order valence-electron chi connectivity index (χ1n) is 15.4. The van der Waals surface area contributed by atoms with Gasteiger partial charge in [0.25, 0.3) is 0 Å². The van der Waals surface area contributed by atoms with Gasteiger partial charge in [0.2, 0.25) is 0 Å². The maximum Gasteiger partial charge on any atom is 0.319 e. The summed E-state index contributed by atoms with van der Waals surface area (Å²) in [5.41, 5.74) is -2.30. The van der Waals surface area contributed by atoms with Crippen LogP contribution in [-0.4, -0.2) is 135 Å². The van der Waals surface area contributed by atoms with Crippen molar-refractivity contribution in [2.75, 3.05) is 55.0 Å². The number of cyclic esters (lactones) is 1. The predicted octanol–water partition coefficient (Wildman–Crippen LogP) is 2.41. The SMILES string of the molecule is CO[C@]1(C)C[C@@H](C)CN(C)[C@H]([C@@H]2CCCN2C)COC(=O)C(C)(C)C(=O)[C@H](C)[C@H]1O[C@@H]1O[C@H](C)C[C@H](N(C)C)[C@H]1O. The van der Waals surface area contributed by atoms with E-state index in [1.54, 1.807) is 27.9 Å². The number of hydrogen-bond acceptors (Lipinski definition) is 10. The Morgan fingerprint density at radius 3 is 2.27 bits per heavy atom. The lowest BCUT2D eigenvalue weighted by Crippen LogP contribution is -2.59. The van der Waals surface area contributed by atoms with Crippen LogP contribution in [0, 0.1) is 17.3 Å². The van der Waals surface area contributed by atoms with Crippen LogP contribution in [0.25, 0.3) is 0 Å². The van der Waals surface area contributed by atoms with Crippen molar-refractivity contribution in [1.29, 1.82) is 0 Å². The molecule has 3 aliphatic rings.